The second-order valence-electron chi connectivity index (χ2n) is 5.80. The largest absolute Gasteiger partial charge is 0.494 e. The fraction of sp³-hybridized carbons (Fsp3) is 0.250. The van der Waals surface area contributed by atoms with E-state index in [4.69, 9.17) is 25.5 Å². The van der Waals surface area contributed by atoms with Crippen LogP contribution in [-0.4, -0.2) is 22.6 Å². The van der Waals surface area contributed by atoms with Crippen molar-refractivity contribution in [3.05, 3.63) is 64.5 Å². The highest BCUT2D eigenvalue weighted by Crippen LogP contribution is 2.29. The molecule has 6 nitrogen and oxygen atoms in total. The van der Waals surface area contributed by atoms with Crippen molar-refractivity contribution < 1.29 is 18.7 Å². The number of nitrogens with zero attached hydrogens (tertiary/aromatic N) is 2. The van der Waals surface area contributed by atoms with E-state index >= 15 is 0 Å². The SMILES string of the molecule is CCOc1ccc(C(C)=O)cc1CSc1nnc(COc2ccc(Cl)cc2)o1. The molecule has 2 aromatic carbocycles. The van der Waals surface area contributed by atoms with Gasteiger partial charge in [-0.05, 0) is 56.3 Å². The third-order valence-corrected chi connectivity index (χ3v) is 4.86. The Morgan fingerprint density at radius 2 is 1.93 bits per heavy atom. The molecule has 0 amide bonds. The molecule has 1 heterocycles. The fourth-order valence-electron chi connectivity index (χ4n) is 2.38. The summed E-state index contributed by atoms with van der Waals surface area (Å²) in [6.45, 7) is 4.17. The predicted molar refractivity (Wildman–Crippen MR) is 107 cm³/mol. The summed E-state index contributed by atoms with van der Waals surface area (Å²) in [5.74, 6) is 2.33. The number of benzene rings is 2. The molecule has 0 unspecified atom stereocenters. The van der Waals surface area contributed by atoms with Gasteiger partial charge in [-0.25, -0.2) is 0 Å². The summed E-state index contributed by atoms with van der Waals surface area (Å²) in [6, 6.07) is 12.4. The summed E-state index contributed by atoms with van der Waals surface area (Å²) in [5, 5.41) is 9.08. The Hall–Kier alpha value is -2.51. The van der Waals surface area contributed by atoms with E-state index in [9.17, 15) is 4.79 Å². The van der Waals surface area contributed by atoms with Crippen molar-refractivity contribution in [1.82, 2.24) is 10.2 Å². The van der Waals surface area contributed by atoms with Crippen LogP contribution < -0.4 is 9.47 Å². The second kappa shape index (κ2) is 9.61. The van der Waals surface area contributed by atoms with Gasteiger partial charge in [-0.1, -0.05) is 23.4 Å². The summed E-state index contributed by atoms with van der Waals surface area (Å²) < 4.78 is 16.8. The van der Waals surface area contributed by atoms with Crippen LogP contribution in [0.15, 0.2) is 52.1 Å². The highest BCUT2D eigenvalue weighted by molar-refractivity contribution is 7.98. The number of hydrogen-bond donors (Lipinski definition) is 0. The predicted octanol–water partition coefficient (Wildman–Crippen LogP) is 5.20. The van der Waals surface area contributed by atoms with Crippen molar-refractivity contribution in [2.75, 3.05) is 6.61 Å². The maximum absolute atomic E-state index is 11.6. The van der Waals surface area contributed by atoms with Gasteiger partial charge in [-0.15, -0.1) is 10.2 Å². The van der Waals surface area contributed by atoms with Crippen LogP contribution in [0.3, 0.4) is 0 Å². The van der Waals surface area contributed by atoms with E-state index in [1.807, 2.05) is 19.1 Å². The fourth-order valence-corrected chi connectivity index (χ4v) is 3.26. The van der Waals surface area contributed by atoms with Crippen molar-refractivity contribution in [2.45, 2.75) is 31.4 Å². The molecule has 0 aliphatic carbocycles. The first-order chi connectivity index (χ1) is 13.5. The average molecular weight is 419 g/mol. The van der Waals surface area contributed by atoms with Gasteiger partial charge < -0.3 is 13.9 Å². The van der Waals surface area contributed by atoms with Crippen LogP contribution in [0.4, 0.5) is 0 Å². The van der Waals surface area contributed by atoms with Crippen LogP contribution in [0, 0.1) is 0 Å². The van der Waals surface area contributed by atoms with Gasteiger partial charge in [0.05, 0.1) is 6.61 Å². The molecule has 0 aliphatic heterocycles. The maximum Gasteiger partial charge on any atom is 0.277 e. The van der Waals surface area contributed by atoms with Gasteiger partial charge in [0.2, 0.25) is 0 Å². The van der Waals surface area contributed by atoms with Gasteiger partial charge in [0.25, 0.3) is 11.1 Å². The van der Waals surface area contributed by atoms with E-state index in [2.05, 4.69) is 10.2 Å². The summed E-state index contributed by atoms with van der Waals surface area (Å²) in [6.07, 6.45) is 0. The van der Waals surface area contributed by atoms with Crippen molar-refractivity contribution >= 4 is 29.1 Å². The number of ether oxygens (including phenoxy) is 2. The zero-order valence-corrected chi connectivity index (χ0v) is 17.0. The Bertz CT molecular complexity index is 944. The molecule has 0 bridgehead atoms. The molecule has 146 valence electrons. The highest BCUT2D eigenvalue weighted by atomic mass is 35.5. The Morgan fingerprint density at radius 1 is 1.14 bits per heavy atom. The molecule has 0 saturated carbocycles. The number of hydrogen-bond acceptors (Lipinski definition) is 7. The zero-order chi connectivity index (χ0) is 19.9. The molecule has 0 N–H and O–H groups in total. The van der Waals surface area contributed by atoms with Gasteiger partial charge in [0.15, 0.2) is 12.4 Å². The van der Waals surface area contributed by atoms with Gasteiger partial charge in [0.1, 0.15) is 11.5 Å². The summed E-state index contributed by atoms with van der Waals surface area (Å²) in [7, 11) is 0. The number of rotatable bonds is 9. The van der Waals surface area contributed by atoms with Crippen LogP contribution in [-0.2, 0) is 12.4 Å². The molecular formula is C20H19ClN2O4S. The molecule has 0 saturated heterocycles. The van der Waals surface area contributed by atoms with Crippen LogP contribution in [0.25, 0.3) is 0 Å². The third-order valence-electron chi connectivity index (χ3n) is 3.74. The zero-order valence-electron chi connectivity index (χ0n) is 15.5. The molecule has 0 fully saturated rings. The van der Waals surface area contributed by atoms with E-state index in [-0.39, 0.29) is 12.4 Å². The van der Waals surface area contributed by atoms with Crippen molar-refractivity contribution in [2.24, 2.45) is 0 Å². The molecule has 0 radical (unpaired) electrons. The normalized spacial score (nSPS) is 10.7. The van der Waals surface area contributed by atoms with E-state index in [1.54, 1.807) is 30.3 Å². The molecule has 1 aromatic heterocycles. The standard InChI is InChI=1S/C20H19ClN2O4S/c1-3-25-18-9-4-14(13(2)24)10-15(18)12-28-20-23-22-19(27-20)11-26-17-7-5-16(21)6-8-17/h4-10H,3,11-12H2,1-2H3. The number of carbonyl (C=O) groups excluding carboxylic acids is 1. The first-order valence-corrected chi connectivity index (χ1v) is 10.0. The summed E-state index contributed by atoms with van der Waals surface area (Å²) >= 11 is 7.22. The van der Waals surface area contributed by atoms with Crippen molar-refractivity contribution in [3.8, 4) is 11.5 Å². The monoisotopic (exact) mass is 418 g/mol. The first-order valence-electron chi connectivity index (χ1n) is 8.65. The number of aromatic nitrogens is 2. The number of ketones is 1. The average Bonchev–Trinajstić information content (AvgIpc) is 3.15. The lowest BCUT2D eigenvalue weighted by Gasteiger charge is -2.10. The highest BCUT2D eigenvalue weighted by Gasteiger charge is 2.12. The van der Waals surface area contributed by atoms with E-state index in [0.29, 0.717) is 39.8 Å². The smallest absolute Gasteiger partial charge is 0.277 e. The molecule has 0 aliphatic rings. The lowest BCUT2D eigenvalue weighted by atomic mass is 10.1. The van der Waals surface area contributed by atoms with Gasteiger partial charge in [-0.2, -0.15) is 0 Å². The lowest BCUT2D eigenvalue weighted by molar-refractivity contribution is 0.101. The molecule has 0 atom stereocenters. The Morgan fingerprint density at radius 3 is 2.64 bits per heavy atom. The van der Waals surface area contributed by atoms with E-state index in [0.717, 1.165) is 11.3 Å². The van der Waals surface area contributed by atoms with Gasteiger partial charge in [-0.3, -0.25) is 4.79 Å². The van der Waals surface area contributed by atoms with Crippen LogP contribution in [0.2, 0.25) is 5.02 Å². The number of halogens is 1. The minimum atomic E-state index is 0.00808. The topological polar surface area (TPSA) is 74.5 Å². The van der Waals surface area contributed by atoms with E-state index in [1.165, 1.54) is 18.7 Å². The second-order valence-corrected chi connectivity index (χ2v) is 7.17. The Balaban J connectivity index is 1.61. The summed E-state index contributed by atoms with van der Waals surface area (Å²) in [5.41, 5.74) is 1.54. The Kier molecular flexibility index (Phi) is 6.95. The van der Waals surface area contributed by atoms with Crippen molar-refractivity contribution in [3.63, 3.8) is 0 Å². The number of thioether (sulfide) groups is 1. The van der Waals surface area contributed by atoms with Gasteiger partial charge in [0, 0.05) is 21.9 Å². The quantitative estimate of drug-likeness (QED) is 0.349. The van der Waals surface area contributed by atoms with Crippen LogP contribution >= 0.6 is 23.4 Å². The molecule has 3 rings (SSSR count). The molecule has 3 aromatic rings. The van der Waals surface area contributed by atoms with Crippen LogP contribution in [0.1, 0.15) is 35.7 Å². The molecule has 0 spiro atoms. The minimum Gasteiger partial charge on any atom is -0.494 e. The number of carbonyl (C=O) groups is 1. The molecule has 8 heteroatoms. The molecule has 28 heavy (non-hydrogen) atoms. The van der Waals surface area contributed by atoms with Crippen LogP contribution in [0.5, 0.6) is 11.5 Å². The lowest BCUT2D eigenvalue weighted by Crippen LogP contribution is -1.99. The third kappa shape index (κ3) is 5.50. The van der Waals surface area contributed by atoms with Crippen molar-refractivity contribution in [1.29, 1.82) is 0 Å². The van der Waals surface area contributed by atoms with E-state index < -0.39 is 0 Å². The maximum atomic E-state index is 11.6. The van der Waals surface area contributed by atoms with Gasteiger partial charge >= 0.3 is 0 Å². The number of Topliss-reactive ketones (excluding diaryl/α,β-unsaturated/α-hetero) is 1. The first kappa shape index (κ1) is 20.2. The Labute approximate surface area is 172 Å². The summed E-state index contributed by atoms with van der Waals surface area (Å²) in [4.78, 5) is 11.6. The molecular weight excluding hydrogens is 400 g/mol. The minimum absolute atomic E-state index is 0.00808.